The topological polar surface area (TPSA) is 36.7 Å². The first-order chi connectivity index (χ1) is 13.5. The van der Waals surface area contributed by atoms with Crippen molar-refractivity contribution in [3.8, 4) is 11.1 Å². The van der Waals surface area contributed by atoms with Crippen LogP contribution in [0.4, 0.5) is 11.6 Å². The number of fused-ring (bicyclic) bond motifs is 1. The molecule has 3 aromatic rings. The molecule has 0 unspecified atom stereocenters. The van der Waals surface area contributed by atoms with E-state index in [0.717, 1.165) is 53.5 Å². The third-order valence-electron chi connectivity index (χ3n) is 4.92. The van der Waals surface area contributed by atoms with Gasteiger partial charge >= 0.3 is 0 Å². The van der Waals surface area contributed by atoms with Crippen LogP contribution in [0.1, 0.15) is 32.3 Å². The molecule has 3 heterocycles. The maximum Gasteiger partial charge on any atom is 0.147 e. The van der Waals surface area contributed by atoms with Crippen LogP contribution in [0.15, 0.2) is 35.6 Å². The van der Waals surface area contributed by atoms with Crippen LogP contribution in [0.25, 0.3) is 16.8 Å². The lowest BCUT2D eigenvalue weighted by Crippen LogP contribution is -2.26. The highest BCUT2D eigenvalue weighted by Gasteiger charge is 2.20. The predicted octanol–water partition coefficient (Wildman–Crippen LogP) is 5.12. The lowest BCUT2D eigenvalue weighted by atomic mass is 10.0. The van der Waals surface area contributed by atoms with E-state index < -0.39 is 0 Å². The number of hydrogen-bond acceptors (Lipinski definition) is 5. The first-order valence-electron chi connectivity index (χ1n) is 9.96. The van der Waals surface area contributed by atoms with Crippen molar-refractivity contribution in [2.45, 2.75) is 38.6 Å². The number of imidazole rings is 1. The summed E-state index contributed by atoms with van der Waals surface area (Å²) in [6.07, 6.45) is 8.46. The van der Waals surface area contributed by atoms with Gasteiger partial charge in [0.2, 0.25) is 0 Å². The van der Waals surface area contributed by atoms with Crippen LogP contribution < -0.4 is 9.80 Å². The molecule has 0 aromatic carbocycles. The van der Waals surface area contributed by atoms with E-state index in [1.165, 1.54) is 11.4 Å². The Morgan fingerprint density at radius 3 is 2.39 bits per heavy atom. The number of nitrogens with zero attached hydrogens (tertiary/aromatic N) is 5. The molecule has 0 aliphatic heterocycles. The molecule has 150 valence electrons. The van der Waals surface area contributed by atoms with Gasteiger partial charge in [-0.2, -0.15) is 0 Å². The zero-order chi connectivity index (χ0) is 20.3. The van der Waals surface area contributed by atoms with Gasteiger partial charge in [0.25, 0.3) is 0 Å². The number of aromatic nitrogens is 3. The maximum atomic E-state index is 5.04. The van der Waals surface area contributed by atoms with Crippen molar-refractivity contribution in [2.75, 3.05) is 43.2 Å². The summed E-state index contributed by atoms with van der Waals surface area (Å²) in [5.41, 5.74) is 4.48. The number of anilines is 2. The van der Waals surface area contributed by atoms with Gasteiger partial charge in [0.15, 0.2) is 0 Å². The van der Waals surface area contributed by atoms with Crippen molar-refractivity contribution in [2.24, 2.45) is 0 Å². The van der Waals surface area contributed by atoms with Gasteiger partial charge in [0.05, 0.1) is 0 Å². The van der Waals surface area contributed by atoms with Gasteiger partial charge in [-0.3, -0.25) is 4.40 Å². The Labute approximate surface area is 172 Å². The summed E-state index contributed by atoms with van der Waals surface area (Å²) in [7, 11) is 4.04. The molecule has 0 amide bonds. The summed E-state index contributed by atoms with van der Waals surface area (Å²) in [5.74, 6) is 2.18. The molecule has 0 spiro atoms. The molecule has 0 saturated carbocycles. The van der Waals surface area contributed by atoms with Gasteiger partial charge in [-0.25, -0.2) is 9.97 Å². The fourth-order valence-corrected chi connectivity index (χ4v) is 4.19. The molecule has 6 heteroatoms. The summed E-state index contributed by atoms with van der Waals surface area (Å²) in [6, 6.07) is 6.41. The minimum atomic E-state index is 0.971. The Morgan fingerprint density at radius 1 is 1.11 bits per heavy atom. The Morgan fingerprint density at radius 2 is 1.82 bits per heavy atom. The summed E-state index contributed by atoms with van der Waals surface area (Å²) in [4.78, 5) is 14.2. The molecule has 5 nitrogen and oxygen atoms in total. The van der Waals surface area contributed by atoms with Gasteiger partial charge in [-0.1, -0.05) is 13.8 Å². The van der Waals surface area contributed by atoms with Crippen molar-refractivity contribution >= 4 is 29.0 Å². The monoisotopic (exact) mass is 397 g/mol. The Bertz CT molecular complexity index is 941. The highest BCUT2D eigenvalue weighted by molar-refractivity contribution is 7.98. The van der Waals surface area contributed by atoms with Crippen LogP contribution in [0.5, 0.6) is 0 Å². The first-order valence-corrected chi connectivity index (χ1v) is 11.2. The molecule has 0 radical (unpaired) electrons. The van der Waals surface area contributed by atoms with E-state index in [1.54, 1.807) is 11.8 Å². The Kier molecular flexibility index (Phi) is 6.50. The average Bonchev–Trinajstić information content (AvgIpc) is 3.06. The SMILES string of the molecule is CCCN(CCC)c1c(SC)nc2c(-c3cnc(N(C)C)cc3C)cccn12. The van der Waals surface area contributed by atoms with Gasteiger partial charge in [-0.05, 0) is 49.8 Å². The molecular weight excluding hydrogens is 366 g/mol. The largest absolute Gasteiger partial charge is 0.363 e. The Hall–Kier alpha value is -2.21. The van der Waals surface area contributed by atoms with Gasteiger partial charge < -0.3 is 9.80 Å². The number of aryl methyl sites for hydroxylation is 1. The molecule has 0 fully saturated rings. The maximum absolute atomic E-state index is 5.04. The average molecular weight is 398 g/mol. The van der Waals surface area contributed by atoms with Crippen LogP contribution >= 0.6 is 11.8 Å². The van der Waals surface area contributed by atoms with Crippen LogP contribution in [0.2, 0.25) is 0 Å². The van der Waals surface area contributed by atoms with E-state index in [4.69, 9.17) is 4.98 Å². The normalized spacial score (nSPS) is 11.2. The molecule has 0 aliphatic rings. The van der Waals surface area contributed by atoms with E-state index in [1.807, 2.05) is 25.2 Å². The lowest BCUT2D eigenvalue weighted by Gasteiger charge is -2.24. The van der Waals surface area contributed by atoms with Crippen LogP contribution in [0, 0.1) is 6.92 Å². The molecule has 3 rings (SSSR count). The summed E-state index contributed by atoms with van der Waals surface area (Å²) >= 11 is 1.72. The van der Waals surface area contributed by atoms with Crippen molar-refractivity contribution in [3.63, 3.8) is 0 Å². The zero-order valence-corrected chi connectivity index (χ0v) is 18.7. The molecule has 0 saturated heterocycles. The molecule has 0 bridgehead atoms. The van der Waals surface area contributed by atoms with Crippen LogP contribution in [-0.4, -0.2) is 47.8 Å². The standard InChI is InChI=1S/C22H31N5S/c1-7-11-26(12-8-2)22-21(28-6)24-20-17(10-9-13-27(20)22)18-15-23-19(25(4)5)14-16(18)3/h9-10,13-15H,7-8,11-12H2,1-6H3. The van der Waals surface area contributed by atoms with Crippen molar-refractivity contribution in [1.82, 2.24) is 14.4 Å². The highest BCUT2D eigenvalue weighted by Crippen LogP contribution is 2.35. The van der Waals surface area contributed by atoms with Crippen LogP contribution in [0.3, 0.4) is 0 Å². The Balaban J connectivity index is 2.19. The highest BCUT2D eigenvalue weighted by atomic mass is 32.2. The molecular formula is C22H31N5S. The second-order valence-corrected chi connectivity index (χ2v) is 8.09. The third-order valence-corrected chi connectivity index (χ3v) is 5.58. The van der Waals surface area contributed by atoms with E-state index in [9.17, 15) is 0 Å². The second kappa shape index (κ2) is 8.86. The fourth-order valence-electron chi connectivity index (χ4n) is 3.60. The van der Waals surface area contributed by atoms with Crippen molar-refractivity contribution in [3.05, 3.63) is 36.2 Å². The first kappa shape index (κ1) is 20.5. The quantitative estimate of drug-likeness (QED) is 0.493. The van der Waals surface area contributed by atoms with Crippen LogP contribution in [-0.2, 0) is 0 Å². The van der Waals surface area contributed by atoms with E-state index in [-0.39, 0.29) is 0 Å². The zero-order valence-electron chi connectivity index (χ0n) is 17.9. The minimum absolute atomic E-state index is 0.971. The second-order valence-electron chi connectivity index (χ2n) is 7.30. The van der Waals surface area contributed by atoms with Gasteiger partial charge in [0.1, 0.15) is 22.3 Å². The minimum Gasteiger partial charge on any atom is -0.363 e. The summed E-state index contributed by atoms with van der Waals surface area (Å²) in [6.45, 7) is 8.69. The van der Waals surface area contributed by atoms with Gasteiger partial charge in [-0.15, -0.1) is 11.8 Å². The smallest absolute Gasteiger partial charge is 0.147 e. The molecule has 0 N–H and O–H groups in total. The number of hydrogen-bond donors (Lipinski definition) is 0. The van der Waals surface area contributed by atoms with E-state index in [2.05, 4.69) is 65.7 Å². The van der Waals surface area contributed by atoms with Crippen molar-refractivity contribution in [1.29, 1.82) is 0 Å². The third kappa shape index (κ3) is 3.83. The molecule has 0 aliphatic carbocycles. The number of rotatable bonds is 8. The fraction of sp³-hybridized carbons (Fsp3) is 0.455. The lowest BCUT2D eigenvalue weighted by molar-refractivity contribution is 0.723. The summed E-state index contributed by atoms with van der Waals surface area (Å²) < 4.78 is 2.26. The molecule has 28 heavy (non-hydrogen) atoms. The van der Waals surface area contributed by atoms with Crippen molar-refractivity contribution < 1.29 is 0 Å². The van der Waals surface area contributed by atoms with E-state index >= 15 is 0 Å². The molecule has 0 atom stereocenters. The number of pyridine rings is 2. The van der Waals surface area contributed by atoms with Gasteiger partial charge in [0, 0.05) is 50.7 Å². The predicted molar refractivity (Wildman–Crippen MR) is 122 cm³/mol. The molecule has 3 aromatic heterocycles. The van der Waals surface area contributed by atoms with E-state index in [0.29, 0.717) is 0 Å². The number of thioether (sulfide) groups is 1. The summed E-state index contributed by atoms with van der Waals surface area (Å²) in [5, 5.41) is 1.09.